The highest BCUT2D eigenvalue weighted by atomic mass is 16.5. The van der Waals surface area contributed by atoms with Crippen molar-refractivity contribution >= 4 is 11.7 Å². The van der Waals surface area contributed by atoms with E-state index < -0.39 is 0 Å². The molecule has 216 valence electrons. The molecule has 5 rings (SSSR count). The van der Waals surface area contributed by atoms with Crippen LogP contribution in [0.4, 0.5) is 0 Å². The van der Waals surface area contributed by atoms with Gasteiger partial charge in [0, 0.05) is 32.4 Å². The zero-order valence-electron chi connectivity index (χ0n) is 24.4. The summed E-state index contributed by atoms with van der Waals surface area (Å²) in [5, 5.41) is 11.0. The number of hydrogen-bond donors (Lipinski definition) is 1. The number of aliphatic hydroxyl groups excluding tert-OH is 1. The first-order valence-electron chi connectivity index (χ1n) is 16.4. The first-order chi connectivity index (χ1) is 18.3. The van der Waals surface area contributed by atoms with Gasteiger partial charge in [0.05, 0.1) is 19.3 Å². The minimum Gasteiger partial charge on any atom is -0.393 e. The number of ketones is 1. The Labute approximate surface area is 231 Å². The van der Waals surface area contributed by atoms with Crippen molar-refractivity contribution in [3.05, 3.63) is 0 Å². The van der Waals surface area contributed by atoms with Crippen LogP contribution in [0.25, 0.3) is 0 Å². The molecule has 0 aromatic carbocycles. The van der Waals surface area contributed by atoms with Crippen LogP contribution in [0.1, 0.15) is 123 Å². The molecule has 1 saturated heterocycles. The fourth-order valence-electron chi connectivity index (χ4n) is 10.0. The van der Waals surface area contributed by atoms with Crippen molar-refractivity contribution in [1.82, 2.24) is 4.90 Å². The molecule has 1 aliphatic heterocycles. The number of morpholine rings is 1. The lowest BCUT2D eigenvalue weighted by Gasteiger charge is -2.62. The third-order valence-corrected chi connectivity index (χ3v) is 12.4. The van der Waals surface area contributed by atoms with Crippen LogP contribution in [0.2, 0.25) is 0 Å². The van der Waals surface area contributed by atoms with Gasteiger partial charge in [-0.05, 0) is 85.4 Å². The summed E-state index contributed by atoms with van der Waals surface area (Å²) in [6, 6.07) is 0. The number of Topliss-reactive ketones (excluding diaryl/α,β-unsaturated/α-hetero) is 1. The summed E-state index contributed by atoms with van der Waals surface area (Å²) >= 11 is 0. The molecule has 0 radical (unpaired) electrons. The Kier molecular flexibility index (Phi) is 9.24. The number of nitrogens with zero attached hydrogens (tertiary/aromatic N) is 1. The topological polar surface area (TPSA) is 66.8 Å². The lowest BCUT2D eigenvalue weighted by molar-refractivity contribution is -0.156. The second kappa shape index (κ2) is 12.3. The van der Waals surface area contributed by atoms with Crippen molar-refractivity contribution in [2.24, 2.45) is 40.4 Å². The van der Waals surface area contributed by atoms with Crippen LogP contribution < -0.4 is 0 Å². The maximum absolute atomic E-state index is 12.5. The summed E-state index contributed by atoms with van der Waals surface area (Å²) < 4.78 is 5.35. The van der Waals surface area contributed by atoms with Gasteiger partial charge in [0.1, 0.15) is 5.78 Å². The number of hydrogen-bond acceptors (Lipinski definition) is 4. The van der Waals surface area contributed by atoms with Gasteiger partial charge in [-0.15, -0.1) is 0 Å². The maximum atomic E-state index is 12.5. The number of rotatable bonds is 10. The molecule has 0 aromatic heterocycles. The number of ether oxygens (including phenoxy) is 1. The summed E-state index contributed by atoms with van der Waals surface area (Å²) in [5.74, 6) is 4.33. The average Bonchev–Trinajstić information content (AvgIpc) is 3.22. The highest BCUT2D eigenvalue weighted by Gasteiger charge is 2.62. The van der Waals surface area contributed by atoms with Gasteiger partial charge < -0.3 is 14.7 Å². The largest absolute Gasteiger partial charge is 0.393 e. The van der Waals surface area contributed by atoms with Gasteiger partial charge in [0.25, 0.3) is 0 Å². The molecule has 0 bridgehead atoms. The van der Waals surface area contributed by atoms with E-state index in [2.05, 4.69) is 13.8 Å². The van der Waals surface area contributed by atoms with E-state index in [9.17, 15) is 14.7 Å². The van der Waals surface area contributed by atoms with E-state index in [4.69, 9.17) is 4.74 Å². The Morgan fingerprint density at radius 2 is 1.61 bits per heavy atom. The Hall–Kier alpha value is -0.940. The normalized spacial score (nSPS) is 40.9. The first kappa shape index (κ1) is 28.6. The molecule has 0 spiro atoms. The average molecular weight is 530 g/mol. The van der Waals surface area contributed by atoms with Gasteiger partial charge in [-0.25, -0.2) is 0 Å². The van der Waals surface area contributed by atoms with Gasteiger partial charge in [-0.3, -0.25) is 9.59 Å². The van der Waals surface area contributed by atoms with Gasteiger partial charge >= 0.3 is 0 Å². The van der Waals surface area contributed by atoms with Crippen LogP contribution in [-0.2, 0) is 14.3 Å². The minimum atomic E-state index is -0.114. The number of aliphatic hydroxyl groups is 1. The van der Waals surface area contributed by atoms with Crippen molar-refractivity contribution in [1.29, 1.82) is 0 Å². The Balaban J connectivity index is 1.07. The van der Waals surface area contributed by atoms with Crippen LogP contribution in [0.3, 0.4) is 0 Å². The minimum absolute atomic E-state index is 0.114. The smallest absolute Gasteiger partial charge is 0.222 e. The van der Waals surface area contributed by atoms with Gasteiger partial charge in [-0.1, -0.05) is 58.8 Å². The monoisotopic (exact) mass is 529 g/mol. The summed E-state index contributed by atoms with van der Waals surface area (Å²) in [6.45, 7) is 7.84. The second-order valence-corrected chi connectivity index (χ2v) is 14.4. The molecule has 5 fully saturated rings. The third-order valence-electron chi connectivity index (χ3n) is 12.4. The SMILES string of the molecule is C[C@]12CCC(=O)C[C@@H]1C[C@@H](CCCCCCCCCC(=O)N1CCOCC1)[C@@H]1[C@@H]2CC[C@]2(C)[C@@H](O)CC[C@@H]12. The van der Waals surface area contributed by atoms with Crippen LogP contribution >= 0.6 is 0 Å². The number of unbranched alkanes of at least 4 members (excludes halogenated alkanes) is 6. The third kappa shape index (κ3) is 5.76. The van der Waals surface area contributed by atoms with Crippen molar-refractivity contribution in [3.8, 4) is 0 Å². The molecular formula is C33H55NO4. The maximum Gasteiger partial charge on any atom is 0.222 e. The molecule has 8 atom stereocenters. The Morgan fingerprint density at radius 3 is 2.37 bits per heavy atom. The molecule has 5 nitrogen and oxygen atoms in total. The van der Waals surface area contributed by atoms with E-state index >= 15 is 0 Å². The van der Waals surface area contributed by atoms with Crippen molar-refractivity contribution in [2.75, 3.05) is 26.3 Å². The number of carbonyl (C=O) groups excluding carboxylic acids is 2. The lowest BCUT2D eigenvalue weighted by Crippen LogP contribution is -2.57. The molecule has 1 N–H and O–H groups in total. The summed E-state index contributed by atoms with van der Waals surface area (Å²) in [5.41, 5.74) is 0.462. The van der Waals surface area contributed by atoms with E-state index in [0.717, 1.165) is 62.9 Å². The second-order valence-electron chi connectivity index (χ2n) is 14.4. The first-order valence-corrected chi connectivity index (χ1v) is 16.4. The summed E-state index contributed by atoms with van der Waals surface area (Å²) in [7, 11) is 0. The molecule has 0 unspecified atom stereocenters. The van der Waals surface area contributed by atoms with E-state index in [1.807, 2.05) is 4.90 Å². The molecule has 4 aliphatic carbocycles. The summed E-state index contributed by atoms with van der Waals surface area (Å²) in [6.07, 6.45) is 19.2. The zero-order valence-corrected chi connectivity index (χ0v) is 24.4. The number of fused-ring (bicyclic) bond motifs is 5. The van der Waals surface area contributed by atoms with Gasteiger partial charge in [0.15, 0.2) is 0 Å². The molecule has 5 aliphatic rings. The molecular weight excluding hydrogens is 474 g/mol. The Morgan fingerprint density at radius 1 is 0.921 bits per heavy atom. The fraction of sp³-hybridized carbons (Fsp3) is 0.939. The van der Waals surface area contributed by atoms with E-state index in [1.165, 1.54) is 70.6 Å². The molecule has 1 amide bonds. The number of amides is 1. The standard InChI is InChI=1S/C33H55NO4/c1-32-16-14-26(35)23-25(32)22-24(31-27-12-13-29(36)33(27,2)17-15-28(31)32)10-8-6-4-3-5-7-9-11-30(37)34-18-20-38-21-19-34/h24-25,27-29,31,36H,3-23H2,1-2H3/t24-,25+,27+,28+,29+,31+,32+,33+/m1/s1. The molecule has 0 aromatic rings. The molecule has 1 heterocycles. The molecule has 5 heteroatoms. The predicted octanol–water partition coefficient (Wildman–Crippen LogP) is 6.55. The summed E-state index contributed by atoms with van der Waals surface area (Å²) in [4.78, 5) is 26.7. The highest BCUT2D eigenvalue weighted by Crippen LogP contribution is 2.67. The van der Waals surface area contributed by atoms with Crippen LogP contribution in [-0.4, -0.2) is 54.1 Å². The van der Waals surface area contributed by atoms with Crippen molar-refractivity contribution in [2.45, 2.75) is 129 Å². The van der Waals surface area contributed by atoms with E-state index in [1.54, 1.807) is 0 Å². The van der Waals surface area contributed by atoms with Gasteiger partial charge in [-0.2, -0.15) is 0 Å². The predicted molar refractivity (Wildman–Crippen MR) is 151 cm³/mol. The fourth-order valence-corrected chi connectivity index (χ4v) is 10.0. The zero-order chi connectivity index (χ0) is 26.8. The van der Waals surface area contributed by atoms with Crippen LogP contribution in [0, 0.1) is 40.4 Å². The van der Waals surface area contributed by atoms with Crippen molar-refractivity contribution < 1.29 is 19.4 Å². The lowest BCUT2D eigenvalue weighted by atomic mass is 9.42. The van der Waals surface area contributed by atoms with Gasteiger partial charge in [0.2, 0.25) is 5.91 Å². The quantitative estimate of drug-likeness (QED) is 0.326. The molecule has 4 saturated carbocycles. The van der Waals surface area contributed by atoms with Crippen LogP contribution in [0.5, 0.6) is 0 Å². The molecule has 38 heavy (non-hydrogen) atoms. The highest BCUT2D eigenvalue weighted by molar-refractivity contribution is 5.79. The van der Waals surface area contributed by atoms with E-state index in [-0.39, 0.29) is 11.5 Å². The van der Waals surface area contributed by atoms with Crippen molar-refractivity contribution in [3.63, 3.8) is 0 Å². The number of carbonyl (C=O) groups is 2. The Bertz CT molecular complexity index is 824. The van der Waals surface area contributed by atoms with Crippen LogP contribution in [0.15, 0.2) is 0 Å². The van der Waals surface area contributed by atoms with E-state index in [0.29, 0.717) is 48.6 Å².